The van der Waals surface area contributed by atoms with Gasteiger partial charge in [-0.05, 0) is 35.9 Å². The average Bonchev–Trinajstić information content (AvgIpc) is 2.85. The molecule has 0 fully saturated rings. The summed E-state index contributed by atoms with van der Waals surface area (Å²) in [5.41, 5.74) is 7.20. The number of amidine groups is 1. The van der Waals surface area contributed by atoms with Crippen LogP contribution in [-0.2, 0) is 11.3 Å². The van der Waals surface area contributed by atoms with E-state index in [2.05, 4.69) is 10.6 Å². The van der Waals surface area contributed by atoms with Crippen LogP contribution in [0.25, 0.3) is 0 Å². The number of rotatable bonds is 10. The predicted octanol–water partition coefficient (Wildman–Crippen LogP) is 3.37. The Balaban J connectivity index is 2.02. The van der Waals surface area contributed by atoms with Crippen LogP contribution < -0.4 is 25.8 Å². The summed E-state index contributed by atoms with van der Waals surface area (Å²) in [6, 6.07) is 17.3. The number of carbonyl (C=O) groups is 1. The third kappa shape index (κ3) is 5.60. The van der Waals surface area contributed by atoms with Gasteiger partial charge in [-0.3, -0.25) is 20.3 Å². The van der Waals surface area contributed by atoms with Crippen molar-refractivity contribution in [2.45, 2.75) is 12.6 Å². The first-order chi connectivity index (χ1) is 16.3. The smallest absolute Gasteiger partial charge is 0.279 e. The van der Waals surface area contributed by atoms with Crippen LogP contribution in [-0.4, -0.2) is 30.9 Å². The lowest BCUT2D eigenvalue weighted by molar-refractivity contribution is -0.385. The Labute approximate surface area is 196 Å². The molecule has 0 heterocycles. The van der Waals surface area contributed by atoms with Gasteiger partial charge < -0.3 is 25.8 Å². The number of anilines is 1. The lowest BCUT2D eigenvalue weighted by atomic mass is 10.0. The number of nitrogens with one attached hydrogen (secondary N) is 3. The third-order valence-electron chi connectivity index (χ3n) is 5.12. The van der Waals surface area contributed by atoms with Gasteiger partial charge in [0, 0.05) is 17.8 Å². The van der Waals surface area contributed by atoms with E-state index in [4.69, 9.17) is 20.6 Å². The summed E-state index contributed by atoms with van der Waals surface area (Å²) < 4.78 is 10.5. The van der Waals surface area contributed by atoms with E-state index in [1.54, 1.807) is 24.3 Å². The molecule has 0 aromatic heterocycles. The number of amides is 1. The quantitative estimate of drug-likeness (QED) is 0.156. The minimum Gasteiger partial charge on any atom is -0.493 e. The van der Waals surface area contributed by atoms with E-state index in [0.717, 1.165) is 5.56 Å². The number of nitro benzene ring substituents is 1. The SMILES string of the molecule is COc1cc(C(Nc2ccc(C(=N)N)cc2)C(=O)NCc2ccccc2)c([N+](=O)[O-])cc1OC. The Morgan fingerprint density at radius 1 is 1.06 bits per heavy atom. The van der Waals surface area contributed by atoms with Crippen molar-refractivity contribution in [2.75, 3.05) is 19.5 Å². The number of nitrogen functional groups attached to an aromatic ring is 1. The van der Waals surface area contributed by atoms with Crippen molar-refractivity contribution in [3.05, 3.63) is 93.5 Å². The maximum atomic E-state index is 13.3. The van der Waals surface area contributed by atoms with E-state index in [-0.39, 0.29) is 35.1 Å². The molecule has 10 heteroatoms. The average molecular weight is 463 g/mol. The first-order valence-corrected chi connectivity index (χ1v) is 10.3. The van der Waals surface area contributed by atoms with Crippen LogP contribution in [0.2, 0.25) is 0 Å². The molecule has 0 spiro atoms. The number of carbonyl (C=O) groups excluding carboxylic acids is 1. The van der Waals surface area contributed by atoms with Gasteiger partial charge in [-0.15, -0.1) is 0 Å². The predicted molar refractivity (Wildman–Crippen MR) is 128 cm³/mol. The van der Waals surface area contributed by atoms with Crippen molar-refractivity contribution in [2.24, 2.45) is 5.73 Å². The number of benzene rings is 3. The van der Waals surface area contributed by atoms with Crippen LogP contribution in [0.3, 0.4) is 0 Å². The van der Waals surface area contributed by atoms with Gasteiger partial charge in [0.1, 0.15) is 11.9 Å². The fraction of sp³-hybridized carbons (Fsp3) is 0.167. The van der Waals surface area contributed by atoms with Crippen molar-refractivity contribution in [3.63, 3.8) is 0 Å². The number of nitrogens with zero attached hydrogens (tertiary/aromatic N) is 1. The highest BCUT2D eigenvalue weighted by atomic mass is 16.6. The van der Waals surface area contributed by atoms with E-state index < -0.39 is 16.9 Å². The Morgan fingerprint density at radius 3 is 2.24 bits per heavy atom. The molecular weight excluding hydrogens is 438 g/mol. The van der Waals surface area contributed by atoms with Crippen molar-refractivity contribution in [1.29, 1.82) is 5.41 Å². The summed E-state index contributed by atoms with van der Waals surface area (Å²) in [4.78, 5) is 24.6. The second-order valence-electron chi connectivity index (χ2n) is 7.29. The number of methoxy groups -OCH3 is 2. The molecular formula is C24H25N5O5. The summed E-state index contributed by atoms with van der Waals surface area (Å²) in [6.45, 7) is 0.238. The minimum atomic E-state index is -1.13. The van der Waals surface area contributed by atoms with Crippen LogP contribution in [0.1, 0.15) is 22.7 Å². The van der Waals surface area contributed by atoms with E-state index in [1.807, 2.05) is 30.3 Å². The largest absolute Gasteiger partial charge is 0.493 e. The molecule has 0 aliphatic heterocycles. The molecule has 3 rings (SSSR count). The molecule has 34 heavy (non-hydrogen) atoms. The second-order valence-corrected chi connectivity index (χ2v) is 7.29. The molecule has 10 nitrogen and oxygen atoms in total. The van der Waals surface area contributed by atoms with Gasteiger partial charge in [0.25, 0.3) is 5.69 Å². The molecule has 5 N–H and O–H groups in total. The molecule has 1 amide bonds. The van der Waals surface area contributed by atoms with Crippen LogP contribution in [0.5, 0.6) is 11.5 Å². The van der Waals surface area contributed by atoms with Gasteiger partial charge in [-0.2, -0.15) is 0 Å². The normalized spacial score (nSPS) is 11.2. The third-order valence-corrected chi connectivity index (χ3v) is 5.12. The maximum absolute atomic E-state index is 13.3. The minimum absolute atomic E-state index is 0.0979. The van der Waals surface area contributed by atoms with Crippen molar-refractivity contribution in [3.8, 4) is 11.5 Å². The number of hydrogen-bond donors (Lipinski definition) is 4. The highest BCUT2D eigenvalue weighted by Gasteiger charge is 2.30. The lowest BCUT2D eigenvalue weighted by Gasteiger charge is -2.21. The van der Waals surface area contributed by atoms with Gasteiger partial charge in [0.05, 0.1) is 30.8 Å². The fourth-order valence-electron chi connectivity index (χ4n) is 3.36. The van der Waals surface area contributed by atoms with Gasteiger partial charge in [-0.1, -0.05) is 30.3 Å². The molecule has 0 saturated heterocycles. The summed E-state index contributed by atoms with van der Waals surface area (Å²) in [7, 11) is 2.78. The standard InChI is InChI=1S/C24H25N5O5/c1-33-20-12-18(19(29(31)32)13-21(20)34-2)22(24(30)27-14-15-6-4-3-5-7-15)28-17-10-8-16(9-11-17)23(25)26/h3-13,22,28H,14H2,1-2H3,(H3,25,26)(H,27,30). The molecule has 3 aromatic carbocycles. The zero-order chi connectivity index (χ0) is 24.7. The Kier molecular flexibility index (Phi) is 7.65. The summed E-state index contributed by atoms with van der Waals surface area (Å²) in [5.74, 6) is -0.154. The summed E-state index contributed by atoms with van der Waals surface area (Å²) >= 11 is 0. The molecule has 0 bridgehead atoms. The van der Waals surface area contributed by atoms with E-state index in [9.17, 15) is 14.9 Å². The van der Waals surface area contributed by atoms with Crippen molar-refractivity contribution < 1.29 is 19.2 Å². The van der Waals surface area contributed by atoms with Gasteiger partial charge in [0.2, 0.25) is 5.91 Å². The first kappa shape index (κ1) is 24.1. The number of nitrogens with two attached hydrogens (primary N) is 1. The molecule has 0 saturated carbocycles. The van der Waals surface area contributed by atoms with Crippen LogP contribution in [0, 0.1) is 15.5 Å². The molecule has 0 radical (unpaired) electrons. The molecule has 3 aromatic rings. The van der Waals surface area contributed by atoms with Crippen molar-refractivity contribution >= 4 is 23.1 Å². The number of hydrogen-bond acceptors (Lipinski definition) is 7. The maximum Gasteiger partial charge on any atom is 0.279 e. The fourth-order valence-corrected chi connectivity index (χ4v) is 3.36. The lowest BCUT2D eigenvalue weighted by Crippen LogP contribution is -2.33. The molecule has 0 aliphatic carbocycles. The monoisotopic (exact) mass is 463 g/mol. The van der Waals surface area contributed by atoms with E-state index in [1.165, 1.54) is 26.4 Å². The highest BCUT2D eigenvalue weighted by Crippen LogP contribution is 2.38. The number of ether oxygens (including phenoxy) is 2. The van der Waals surface area contributed by atoms with Crippen LogP contribution >= 0.6 is 0 Å². The van der Waals surface area contributed by atoms with Gasteiger partial charge in [-0.25, -0.2) is 0 Å². The highest BCUT2D eigenvalue weighted by molar-refractivity contribution is 5.95. The number of nitro groups is 1. The zero-order valence-electron chi connectivity index (χ0n) is 18.7. The topological polar surface area (TPSA) is 153 Å². The van der Waals surface area contributed by atoms with Gasteiger partial charge >= 0.3 is 0 Å². The summed E-state index contributed by atoms with van der Waals surface area (Å²) in [6.07, 6.45) is 0. The Morgan fingerprint density at radius 2 is 1.68 bits per heavy atom. The van der Waals surface area contributed by atoms with E-state index in [0.29, 0.717) is 11.3 Å². The van der Waals surface area contributed by atoms with Crippen LogP contribution in [0.15, 0.2) is 66.7 Å². The zero-order valence-corrected chi connectivity index (χ0v) is 18.7. The molecule has 1 atom stereocenters. The Bertz CT molecular complexity index is 1180. The second kappa shape index (κ2) is 10.8. The first-order valence-electron chi connectivity index (χ1n) is 10.3. The molecule has 1 unspecified atom stereocenters. The molecule has 0 aliphatic rings. The van der Waals surface area contributed by atoms with Crippen molar-refractivity contribution in [1.82, 2.24) is 5.32 Å². The van der Waals surface area contributed by atoms with Crippen LogP contribution in [0.4, 0.5) is 11.4 Å². The van der Waals surface area contributed by atoms with Gasteiger partial charge in [0.15, 0.2) is 11.5 Å². The molecule has 176 valence electrons. The van der Waals surface area contributed by atoms with E-state index >= 15 is 0 Å². The Hall–Kier alpha value is -4.60. The summed E-state index contributed by atoms with van der Waals surface area (Å²) in [5, 5.41) is 25.3.